The Morgan fingerprint density at radius 2 is 1.94 bits per heavy atom. The lowest BCUT2D eigenvalue weighted by atomic mass is 9.74. The zero-order valence-electron chi connectivity index (χ0n) is 11.8. The Morgan fingerprint density at radius 3 is 2.47 bits per heavy atom. The van der Waals surface area contributed by atoms with Crippen LogP contribution in [0.1, 0.15) is 47.0 Å². The summed E-state index contributed by atoms with van der Waals surface area (Å²) in [4.78, 5) is 11.9. The van der Waals surface area contributed by atoms with Crippen LogP contribution in [0.3, 0.4) is 0 Å². The number of nitrogens with one attached hydrogen (secondary N) is 1. The Kier molecular flexibility index (Phi) is 5.44. The van der Waals surface area contributed by atoms with Crippen molar-refractivity contribution in [2.24, 2.45) is 17.8 Å². The molecule has 3 nitrogen and oxygen atoms in total. The van der Waals surface area contributed by atoms with Crippen LogP contribution in [0.25, 0.3) is 0 Å². The first kappa shape index (κ1) is 14.5. The van der Waals surface area contributed by atoms with Gasteiger partial charge in [0.2, 0.25) is 5.91 Å². The zero-order valence-corrected chi connectivity index (χ0v) is 11.8. The second-order valence-corrected chi connectivity index (χ2v) is 5.82. The second kappa shape index (κ2) is 6.39. The third-order valence-electron chi connectivity index (χ3n) is 4.07. The van der Waals surface area contributed by atoms with Crippen molar-refractivity contribution in [1.29, 1.82) is 0 Å². The van der Waals surface area contributed by atoms with Crippen molar-refractivity contribution < 1.29 is 9.53 Å². The van der Waals surface area contributed by atoms with Gasteiger partial charge < -0.3 is 10.1 Å². The number of hydrogen-bond acceptors (Lipinski definition) is 2. The highest BCUT2D eigenvalue weighted by Crippen LogP contribution is 2.33. The number of methoxy groups -OCH3 is 1. The van der Waals surface area contributed by atoms with E-state index in [1.807, 2.05) is 0 Å². The lowest BCUT2D eigenvalue weighted by Crippen LogP contribution is -2.48. The van der Waals surface area contributed by atoms with Crippen LogP contribution in [0.5, 0.6) is 0 Å². The van der Waals surface area contributed by atoms with Crippen molar-refractivity contribution in [3.05, 3.63) is 0 Å². The molecule has 0 bridgehead atoms. The van der Waals surface area contributed by atoms with E-state index >= 15 is 0 Å². The largest absolute Gasteiger partial charge is 0.372 e. The smallest absolute Gasteiger partial charge is 0.249 e. The molecule has 0 radical (unpaired) electrons. The maximum atomic E-state index is 11.9. The predicted octanol–water partition coefficient (Wildman–Crippen LogP) is 2.60. The Bertz CT molecular complexity index is 253. The van der Waals surface area contributed by atoms with Crippen LogP contribution in [0.15, 0.2) is 0 Å². The van der Waals surface area contributed by atoms with Gasteiger partial charge in [-0.05, 0) is 37.5 Å². The molecule has 0 aromatic heterocycles. The van der Waals surface area contributed by atoms with Gasteiger partial charge >= 0.3 is 0 Å². The van der Waals surface area contributed by atoms with Crippen LogP contribution >= 0.6 is 0 Å². The van der Waals surface area contributed by atoms with Crippen LogP contribution < -0.4 is 5.32 Å². The third-order valence-corrected chi connectivity index (χ3v) is 4.07. The van der Waals surface area contributed by atoms with Gasteiger partial charge in [-0.3, -0.25) is 4.79 Å². The van der Waals surface area contributed by atoms with Crippen molar-refractivity contribution >= 4 is 5.91 Å². The standard InChI is InChI=1S/C14H27NO2/c1-9(2)12-7-6-10(3)8-13(12)15-14(16)11(4)17-5/h9-13H,6-8H2,1-5H3,(H,15,16). The van der Waals surface area contributed by atoms with Crippen molar-refractivity contribution in [2.75, 3.05) is 7.11 Å². The van der Waals surface area contributed by atoms with E-state index < -0.39 is 0 Å². The predicted molar refractivity (Wildman–Crippen MR) is 69.7 cm³/mol. The highest BCUT2D eigenvalue weighted by atomic mass is 16.5. The van der Waals surface area contributed by atoms with Gasteiger partial charge in [-0.1, -0.05) is 27.2 Å². The van der Waals surface area contributed by atoms with Gasteiger partial charge in [-0.2, -0.15) is 0 Å². The lowest BCUT2D eigenvalue weighted by molar-refractivity contribution is -0.131. The Labute approximate surface area is 105 Å². The normalized spacial score (nSPS) is 31.3. The van der Waals surface area contributed by atoms with Crippen LogP contribution in [0.4, 0.5) is 0 Å². The Morgan fingerprint density at radius 1 is 1.29 bits per heavy atom. The van der Waals surface area contributed by atoms with E-state index in [2.05, 4.69) is 26.1 Å². The molecule has 3 heteroatoms. The van der Waals surface area contributed by atoms with E-state index in [9.17, 15) is 4.79 Å². The summed E-state index contributed by atoms with van der Waals surface area (Å²) < 4.78 is 5.06. The van der Waals surface area contributed by atoms with Gasteiger partial charge in [-0.25, -0.2) is 0 Å². The minimum Gasteiger partial charge on any atom is -0.372 e. The van der Waals surface area contributed by atoms with E-state index in [-0.39, 0.29) is 12.0 Å². The molecule has 1 rings (SSSR count). The zero-order chi connectivity index (χ0) is 13.0. The van der Waals surface area contributed by atoms with Crippen LogP contribution in [0.2, 0.25) is 0 Å². The summed E-state index contributed by atoms with van der Waals surface area (Å²) in [6, 6.07) is 0.323. The molecule has 100 valence electrons. The molecule has 1 aliphatic carbocycles. The van der Waals surface area contributed by atoms with Crippen molar-refractivity contribution in [3.8, 4) is 0 Å². The Hall–Kier alpha value is -0.570. The first-order chi connectivity index (χ1) is 7.95. The highest BCUT2D eigenvalue weighted by Gasteiger charge is 2.32. The minimum atomic E-state index is -0.347. The minimum absolute atomic E-state index is 0.0252. The summed E-state index contributed by atoms with van der Waals surface area (Å²) in [5.74, 6) is 1.98. The number of amides is 1. The summed E-state index contributed by atoms with van der Waals surface area (Å²) in [5.41, 5.74) is 0. The first-order valence-corrected chi connectivity index (χ1v) is 6.78. The number of carbonyl (C=O) groups is 1. The molecule has 0 aromatic rings. The van der Waals surface area contributed by atoms with Crippen molar-refractivity contribution in [1.82, 2.24) is 5.32 Å². The third kappa shape index (κ3) is 3.98. The molecule has 0 aliphatic heterocycles. The summed E-state index contributed by atoms with van der Waals surface area (Å²) >= 11 is 0. The lowest BCUT2D eigenvalue weighted by Gasteiger charge is -2.38. The van der Waals surface area contributed by atoms with Gasteiger partial charge in [0, 0.05) is 13.2 Å². The molecule has 1 saturated carbocycles. The summed E-state index contributed by atoms with van der Waals surface area (Å²) in [6.07, 6.45) is 3.27. The summed E-state index contributed by atoms with van der Waals surface area (Å²) in [7, 11) is 1.58. The molecule has 0 aromatic carbocycles. The molecular formula is C14H27NO2. The van der Waals surface area contributed by atoms with E-state index in [0.717, 1.165) is 6.42 Å². The molecule has 4 unspecified atom stereocenters. The topological polar surface area (TPSA) is 38.3 Å². The fourth-order valence-corrected chi connectivity index (χ4v) is 2.78. The van der Waals surface area contributed by atoms with Gasteiger partial charge in [-0.15, -0.1) is 0 Å². The van der Waals surface area contributed by atoms with E-state index in [4.69, 9.17) is 4.74 Å². The number of ether oxygens (including phenoxy) is 1. The summed E-state index contributed by atoms with van der Waals surface area (Å²) in [5, 5.41) is 3.17. The van der Waals surface area contributed by atoms with E-state index in [0.29, 0.717) is 23.8 Å². The monoisotopic (exact) mass is 241 g/mol. The molecule has 0 spiro atoms. The maximum Gasteiger partial charge on any atom is 0.249 e. The molecule has 1 amide bonds. The molecular weight excluding hydrogens is 214 g/mol. The average Bonchev–Trinajstić information content (AvgIpc) is 2.27. The van der Waals surface area contributed by atoms with Gasteiger partial charge in [0.1, 0.15) is 6.10 Å². The van der Waals surface area contributed by atoms with Crippen LogP contribution in [0, 0.1) is 17.8 Å². The highest BCUT2D eigenvalue weighted by molar-refractivity contribution is 5.80. The van der Waals surface area contributed by atoms with Gasteiger partial charge in [0.05, 0.1) is 0 Å². The summed E-state index contributed by atoms with van der Waals surface area (Å²) in [6.45, 7) is 8.57. The molecule has 4 atom stereocenters. The van der Waals surface area contributed by atoms with Gasteiger partial charge in [0.15, 0.2) is 0 Å². The quantitative estimate of drug-likeness (QED) is 0.821. The first-order valence-electron chi connectivity index (χ1n) is 6.78. The van der Waals surface area contributed by atoms with Crippen LogP contribution in [-0.4, -0.2) is 25.2 Å². The number of carbonyl (C=O) groups excluding carboxylic acids is 1. The van der Waals surface area contributed by atoms with E-state index in [1.165, 1.54) is 12.8 Å². The molecule has 1 aliphatic rings. The Balaban J connectivity index is 2.60. The number of rotatable bonds is 4. The molecule has 0 heterocycles. The van der Waals surface area contributed by atoms with Crippen molar-refractivity contribution in [2.45, 2.75) is 59.1 Å². The number of hydrogen-bond donors (Lipinski definition) is 1. The molecule has 1 N–H and O–H groups in total. The SMILES string of the molecule is COC(C)C(=O)NC1CC(C)CCC1C(C)C. The maximum absolute atomic E-state index is 11.9. The average molecular weight is 241 g/mol. The molecule has 17 heavy (non-hydrogen) atoms. The van der Waals surface area contributed by atoms with E-state index in [1.54, 1.807) is 14.0 Å². The van der Waals surface area contributed by atoms with Crippen molar-refractivity contribution in [3.63, 3.8) is 0 Å². The van der Waals surface area contributed by atoms with Crippen LogP contribution in [-0.2, 0) is 9.53 Å². The van der Waals surface area contributed by atoms with Gasteiger partial charge in [0.25, 0.3) is 0 Å². The second-order valence-electron chi connectivity index (χ2n) is 5.82. The fraction of sp³-hybridized carbons (Fsp3) is 0.929. The molecule has 0 saturated heterocycles. The fourth-order valence-electron chi connectivity index (χ4n) is 2.78. The molecule has 1 fully saturated rings.